The van der Waals surface area contributed by atoms with Crippen molar-refractivity contribution in [2.75, 3.05) is 26.2 Å². The Morgan fingerprint density at radius 2 is 1.67 bits per heavy atom. The summed E-state index contributed by atoms with van der Waals surface area (Å²) in [7, 11) is 0. The number of benzene rings is 2. The lowest BCUT2D eigenvalue weighted by Gasteiger charge is -2.41. The van der Waals surface area contributed by atoms with Crippen LogP contribution < -0.4 is 0 Å². The van der Waals surface area contributed by atoms with Gasteiger partial charge < -0.3 is 14.6 Å². The van der Waals surface area contributed by atoms with Crippen molar-refractivity contribution in [1.29, 1.82) is 0 Å². The molecule has 2 aliphatic heterocycles. The van der Waals surface area contributed by atoms with E-state index in [2.05, 4.69) is 46.9 Å². The SMILES string of the molecule is CCn1cc(C2CCN(C(C(=O)O)C3CCN(C(=O)/C=C/c4cc(F)cc(F)c4)CC3)CC2)c2ccccc21. The highest BCUT2D eigenvalue weighted by Gasteiger charge is 2.38. The number of carboxylic acids is 1. The number of hydrogen-bond donors (Lipinski definition) is 1. The molecule has 0 spiro atoms. The summed E-state index contributed by atoms with van der Waals surface area (Å²) in [6.45, 7) is 5.46. The second-order valence-corrected chi connectivity index (χ2v) is 10.7. The molecular weight excluding hydrogens is 500 g/mol. The predicted octanol–water partition coefficient (Wildman–Crippen LogP) is 5.52. The molecule has 1 N–H and O–H groups in total. The first-order valence-corrected chi connectivity index (χ1v) is 13.8. The van der Waals surface area contributed by atoms with Gasteiger partial charge in [0.25, 0.3) is 0 Å². The van der Waals surface area contributed by atoms with Gasteiger partial charge in [-0.15, -0.1) is 0 Å². The molecule has 2 aromatic carbocycles. The van der Waals surface area contributed by atoms with Crippen LogP contribution in [0.5, 0.6) is 0 Å². The van der Waals surface area contributed by atoms with Crippen molar-refractivity contribution in [3.8, 4) is 0 Å². The summed E-state index contributed by atoms with van der Waals surface area (Å²) in [6.07, 6.45) is 8.05. The van der Waals surface area contributed by atoms with Crippen molar-refractivity contribution >= 4 is 28.9 Å². The van der Waals surface area contributed by atoms with Crippen molar-refractivity contribution in [2.24, 2.45) is 5.92 Å². The summed E-state index contributed by atoms with van der Waals surface area (Å²) in [5.41, 5.74) is 2.89. The number of aliphatic carboxylic acids is 1. The van der Waals surface area contributed by atoms with Crippen LogP contribution in [0.3, 0.4) is 0 Å². The van der Waals surface area contributed by atoms with Crippen LogP contribution in [0.1, 0.15) is 49.7 Å². The van der Waals surface area contributed by atoms with Crippen molar-refractivity contribution in [1.82, 2.24) is 14.4 Å². The summed E-state index contributed by atoms with van der Waals surface area (Å²) in [5.74, 6) is -2.05. The third-order valence-corrected chi connectivity index (χ3v) is 8.38. The first-order chi connectivity index (χ1) is 18.8. The van der Waals surface area contributed by atoms with E-state index in [-0.39, 0.29) is 17.4 Å². The Balaban J connectivity index is 1.18. The Hall–Kier alpha value is -3.52. The fraction of sp³-hybridized carbons (Fsp3) is 0.419. The minimum absolute atomic E-state index is 0.0357. The number of halogens is 2. The predicted molar refractivity (Wildman–Crippen MR) is 147 cm³/mol. The number of rotatable bonds is 7. The maximum absolute atomic E-state index is 13.4. The van der Waals surface area contributed by atoms with Gasteiger partial charge in [0.05, 0.1) is 0 Å². The summed E-state index contributed by atoms with van der Waals surface area (Å²) in [4.78, 5) is 28.9. The lowest BCUT2D eigenvalue weighted by atomic mass is 9.84. The van der Waals surface area contributed by atoms with Crippen molar-refractivity contribution in [2.45, 2.75) is 51.1 Å². The molecule has 5 rings (SSSR count). The van der Waals surface area contributed by atoms with E-state index in [4.69, 9.17) is 0 Å². The van der Waals surface area contributed by atoms with Crippen LogP contribution in [0.4, 0.5) is 8.78 Å². The monoisotopic (exact) mass is 535 g/mol. The Bertz CT molecular complexity index is 1350. The number of likely N-dealkylation sites (tertiary alicyclic amines) is 2. The number of carbonyl (C=O) groups is 2. The third-order valence-electron chi connectivity index (χ3n) is 8.38. The number of nitrogens with zero attached hydrogens (tertiary/aromatic N) is 3. The van der Waals surface area contributed by atoms with Crippen LogP contribution in [0.2, 0.25) is 0 Å². The molecular formula is C31H35F2N3O3. The van der Waals surface area contributed by atoms with Gasteiger partial charge in [0.15, 0.2) is 0 Å². The number of fused-ring (bicyclic) bond motifs is 1. The molecule has 6 nitrogen and oxygen atoms in total. The molecule has 8 heteroatoms. The van der Waals surface area contributed by atoms with Crippen molar-refractivity contribution in [3.63, 3.8) is 0 Å². The molecule has 2 fully saturated rings. The number of piperidine rings is 2. The average Bonchev–Trinajstić information content (AvgIpc) is 3.31. The van der Waals surface area contributed by atoms with Crippen LogP contribution in [-0.2, 0) is 16.1 Å². The molecule has 1 atom stereocenters. The quantitative estimate of drug-likeness (QED) is 0.405. The van der Waals surface area contributed by atoms with E-state index < -0.39 is 23.6 Å². The Kier molecular flexibility index (Phi) is 8.12. The zero-order valence-electron chi connectivity index (χ0n) is 22.2. The minimum Gasteiger partial charge on any atom is -0.480 e. The van der Waals surface area contributed by atoms with Crippen LogP contribution >= 0.6 is 0 Å². The highest BCUT2D eigenvalue weighted by molar-refractivity contribution is 5.92. The van der Waals surface area contributed by atoms with Gasteiger partial charge in [-0.3, -0.25) is 14.5 Å². The Morgan fingerprint density at radius 1 is 1.00 bits per heavy atom. The highest BCUT2D eigenvalue weighted by atomic mass is 19.1. The fourth-order valence-electron chi connectivity index (χ4n) is 6.39. The van der Waals surface area contributed by atoms with Gasteiger partial charge in [0.1, 0.15) is 17.7 Å². The van der Waals surface area contributed by atoms with Gasteiger partial charge in [-0.05, 0) is 92.9 Å². The fourth-order valence-corrected chi connectivity index (χ4v) is 6.39. The van der Waals surface area contributed by atoms with Gasteiger partial charge in [0, 0.05) is 48.9 Å². The van der Waals surface area contributed by atoms with E-state index in [1.807, 2.05) is 0 Å². The number of aromatic nitrogens is 1. The standard InChI is InChI=1S/C31H35F2N3O3/c1-2-34-20-27(26-5-3-4-6-28(26)34)22-9-15-36(16-10-22)30(31(38)39)23-11-13-35(14-12-23)29(37)8-7-21-17-24(32)19-25(33)18-21/h3-8,17-20,22-23,30H,2,9-16H2,1H3,(H,38,39)/b8-7+. The number of aryl methyl sites for hydroxylation is 1. The van der Waals surface area contributed by atoms with Crippen molar-refractivity contribution < 1.29 is 23.5 Å². The molecule has 0 aliphatic carbocycles. The molecule has 1 amide bonds. The smallest absolute Gasteiger partial charge is 0.321 e. The van der Waals surface area contributed by atoms with E-state index in [0.29, 0.717) is 31.8 Å². The molecule has 3 heterocycles. The zero-order valence-corrected chi connectivity index (χ0v) is 22.2. The Morgan fingerprint density at radius 3 is 2.31 bits per heavy atom. The van der Waals surface area contributed by atoms with E-state index in [9.17, 15) is 23.5 Å². The maximum Gasteiger partial charge on any atom is 0.321 e. The molecule has 0 saturated carbocycles. The minimum atomic E-state index is -0.797. The zero-order chi connectivity index (χ0) is 27.5. The summed E-state index contributed by atoms with van der Waals surface area (Å²) >= 11 is 0. The van der Waals surface area contributed by atoms with Gasteiger partial charge in [-0.2, -0.15) is 0 Å². The van der Waals surface area contributed by atoms with E-state index in [1.165, 1.54) is 40.8 Å². The van der Waals surface area contributed by atoms with E-state index in [0.717, 1.165) is 38.5 Å². The normalized spacial score (nSPS) is 18.7. The molecule has 1 aromatic heterocycles. The van der Waals surface area contributed by atoms with Gasteiger partial charge >= 0.3 is 5.97 Å². The van der Waals surface area contributed by atoms with Crippen molar-refractivity contribution in [3.05, 3.63) is 77.5 Å². The van der Waals surface area contributed by atoms with Gasteiger partial charge in [0.2, 0.25) is 5.91 Å². The molecule has 1 unspecified atom stereocenters. The second kappa shape index (κ2) is 11.7. The summed E-state index contributed by atoms with van der Waals surface area (Å²) in [5, 5.41) is 11.5. The first-order valence-electron chi connectivity index (χ1n) is 13.8. The first kappa shape index (κ1) is 27.1. The number of carboxylic acid groups (broad SMARTS) is 1. The molecule has 3 aromatic rings. The van der Waals surface area contributed by atoms with E-state index in [1.54, 1.807) is 4.90 Å². The molecule has 2 aliphatic rings. The third kappa shape index (κ3) is 5.91. The topological polar surface area (TPSA) is 65.8 Å². The maximum atomic E-state index is 13.4. The number of carbonyl (C=O) groups excluding carboxylic acids is 1. The lowest BCUT2D eigenvalue weighted by Crippen LogP contribution is -2.52. The molecule has 206 valence electrons. The summed E-state index contributed by atoms with van der Waals surface area (Å²) < 4.78 is 29.1. The molecule has 39 heavy (non-hydrogen) atoms. The lowest BCUT2D eigenvalue weighted by molar-refractivity contribution is -0.147. The Labute approximate surface area is 227 Å². The highest BCUT2D eigenvalue weighted by Crippen LogP contribution is 2.36. The molecule has 0 bridgehead atoms. The molecule has 2 saturated heterocycles. The van der Waals surface area contributed by atoms with Crippen LogP contribution in [0.15, 0.2) is 54.7 Å². The van der Waals surface area contributed by atoms with Gasteiger partial charge in [-0.25, -0.2) is 8.78 Å². The average molecular weight is 536 g/mol. The molecule has 0 radical (unpaired) electrons. The second-order valence-electron chi connectivity index (χ2n) is 10.7. The van der Waals surface area contributed by atoms with Crippen LogP contribution in [0.25, 0.3) is 17.0 Å². The largest absolute Gasteiger partial charge is 0.480 e. The number of para-hydroxylation sites is 1. The van der Waals surface area contributed by atoms with Gasteiger partial charge in [-0.1, -0.05) is 18.2 Å². The summed E-state index contributed by atoms with van der Waals surface area (Å²) in [6, 6.07) is 11.1. The number of hydrogen-bond acceptors (Lipinski definition) is 3. The number of amides is 1. The van der Waals surface area contributed by atoms with Crippen LogP contribution in [0, 0.1) is 17.6 Å². The van der Waals surface area contributed by atoms with Crippen LogP contribution in [-0.4, -0.2) is 63.6 Å². The van der Waals surface area contributed by atoms with E-state index >= 15 is 0 Å².